The van der Waals surface area contributed by atoms with Crippen LogP contribution in [0.5, 0.6) is 0 Å². The standard InChI is InChI=1S/C22H16ClF6N3O2/c23-16-5-3-4-12(10-16)18-30-19(34-31-18)17-6-1-2-7-32(17)20(33)13-8-14(21(24,25)26)11-15(9-13)22(27,28)29/h3-5,8-11,17H,1-2,6-7H2. The summed E-state index contributed by atoms with van der Waals surface area (Å²) in [6.07, 6.45) is -8.60. The molecule has 0 N–H and O–H groups in total. The Morgan fingerprint density at radius 3 is 2.29 bits per heavy atom. The molecule has 34 heavy (non-hydrogen) atoms. The van der Waals surface area contributed by atoms with Crippen LogP contribution in [0, 0.1) is 0 Å². The molecule has 4 rings (SSSR count). The Morgan fingerprint density at radius 2 is 1.68 bits per heavy atom. The first-order chi connectivity index (χ1) is 15.9. The van der Waals surface area contributed by atoms with Crippen LogP contribution in [0.25, 0.3) is 11.4 Å². The summed E-state index contributed by atoms with van der Waals surface area (Å²) in [6, 6.07) is 6.65. The van der Waals surface area contributed by atoms with Gasteiger partial charge in [0.15, 0.2) is 0 Å². The predicted molar refractivity (Wildman–Crippen MR) is 109 cm³/mol. The number of carbonyl (C=O) groups excluding carboxylic acids is 1. The summed E-state index contributed by atoms with van der Waals surface area (Å²) in [5.41, 5.74) is -3.28. The highest BCUT2D eigenvalue weighted by atomic mass is 35.5. The van der Waals surface area contributed by atoms with E-state index in [0.29, 0.717) is 42.0 Å². The van der Waals surface area contributed by atoms with Gasteiger partial charge in [-0.2, -0.15) is 31.3 Å². The number of aromatic nitrogens is 2. The van der Waals surface area contributed by atoms with Crippen molar-refractivity contribution < 1.29 is 35.7 Å². The van der Waals surface area contributed by atoms with E-state index in [1.54, 1.807) is 24.3 Å². The summed E-state index contributed by atoms with van der Waals surface area (Å²) in [5.74, 6) is -0.760. The van der Waals surface area contributed by atoms with Crippen LogP contribution in [0.3, 0.4) is 0 Å². The third-order valence-electron chi connectivity index (χ3n) is 5.41. The van der Waals surface area contributed by atoms with Gasteiger partial charge in [-0.15, -0.1) is 0 Å². The summed E-state index contributed by atoms with van der Waals surface area (Å²) in [6.45, 7) is 0.107. The largest absolute Gasteiger partial charge is 0.416 e. The zero-order chi connectivity index (χ0) is 24.7. The van der Waals surface area contributed by atoms with Crippen LogP contribution in [0.15, 0.2) is 47.0 Å². The third-order valence-corrected chi connectivity index (χ3v) is 5.64. The molecule has 3 aromatic rings. The summed E-state index contributed by atoms with van der Waals surface area (Å²) in [4.78, 5) is 18.6. The smallest absolute Gasteiger partial charge is 0.337 e. The van der Waals surface area contributed by atoms with Gasteiger partial charge < -0.3 is 9.42 Å². The fraction of sp³-hybridized carbons (Fsp3) is 0.318. The van der Waals surface area contributed by atoms with E-state index in [9.17, 15) is 31.1 Å². The summed E-state index contributed by atoms with van der Waals surface area (Å²) in [7, 11) is 0. The van der Waals surface area contributed by atoms with E-state index in [1.165, 1.54) is 4.90 Å². The molecule has 1 fully saturated rings. The van der Waals surface area contributed by atoms with Crippen molar-refractivity contribution in [1.29, 1.82) is 0 Å². The van der Waals surface area contributed by atoms with Gasteiger partial charge in [0.05, 0.1) is 11.1 Å². The Kier molecular flexibility index (Phi) is 6.32. The molecule has 0 bridgehead atoms. The minimum Gasteiger partial charge on any atom is -0.337 e. The molecule has 0 aliphatic carbocycles. The summed E-state index contributed by atoms with van der Waals surface area (Å²) < 4.78 is 84.8. The molecule has 180 valence electrons. The molecule has 2 heterocycles. The number of benzene rings is 2. The Morgan fingerprint density at radius 1 is 1.00 bits per heavy atom. The van der Waals surface area contributed by atoms with Gasteiger partial charge in [0.1, 0.15) is 6.04 Å². The SMILES string of the molecule is O=C(c1cc(C(F)(F)F)cc(C(F)(F)F)c1)N1CCCCC1c1nc(-c2cccc(Cl)c2)no1. The van der Waals surface area contributed by atoms with Crippen molar-refractivity contribution in [3.8, 4) is 11.4 Å². The Bertz CT molecular complexity index is 1180. The molecular formula is C22H16ClF6N3O2. The lowest BCUT2D eigenvalue weighted by molar-refractivity contribution is -0.143. The van der Waals surface area contributed by atoms with E-state index >= 15 is 0 Å². The average Bonchev–Trinajstić information content (AvgIpc) is 3.27. The van der Waals surface area contributed by atoms with Gasteiger partial charge in [0, 0.05) is 22.7 Å². The van der Waals surface area contributed by atoms with E-state index in [0.717, 1.165) is 0 Å². The van der Waals surface area contributed by atoms with E-state index < -0.39 is 41.0 Å². The van der Waals surface area contributed by atoms with Gasteiger partial charge in [0.2, 0.25) is 11.7 Å². The van der Waals surface area contributed by atoms with Gasteiger partial charge >= 0.3 is 12.4 Å². The quantitative estimate of drug-likeness (QED) is 0.369. The number of halogens is 7. The van der Waals surface area contributed by atoms with Crippen LogP contribution in [-0.4, -0.2) is 27.5 Å². The molecule has 5 nitrogen and oxygen atoms in total. The first-order valence-corrected chi connectivity index (χ1v) is 10.5. The minimum absolute atomic E-state index is 0.0141. The Hall–Kier alpha value is -3.08. The number of hydrogen-bond acceptors (Lipinski definition) is 4. The van der Waals surface area contributed by atoms with Crippen LogP contribution < -0.4 is 0 Å². The maximum Gasteiger partial charge on any atom is 0.416 e. The molecule has 12 heteroatoms. The van der Waals surface area contributed by atoms with E-state index in [2.05, 4.69) is 10.1 Å². The van der Waals surface area contributed by atoms with Gasteiger partial charge in [-0.3, -0.25) is 4.79 Å². The molecule has 0 radical (unpaired) electrons. The predicted octanol–water partition coefficient (Wildman–Crippen LogP) is 6.80. The Labute approximate surface area is 194 Å². The highest BCUT2D eigenvalue weighted by molar-refractivity contribution is 6.30. The monoisotopic (exact) mass is 503 g/mol. The first-order valence-electron chi connectivity index (χ1n) is 10.1. The highest BCUT2D eigenvalue weighted by Crippen LogP contribution is 2.38. The number of hydrogen-bond donors (Lipinski definition) is 0. The normalized spacial score (nSPS) is 17.1. The number of likely N-dealkylation sites (tertiary alicyclic amines) is 1. The average molecular weight is 504 g/mol. The zero-order valence-electron chi connectivity index (χ0n) is 17.3. The number of alkyl halides is 6. The zero-order valence-corrected chi connectivity index (χ0v) is 18.0. The van der Waals surface area contributed by atoms with Crippen molar-refractivity contribution in [3.63, 3.8) is 0 Å². The molecular weight excluding hydrogens is 488 g/mol. The molecule has 0 saturated carbocycles. The summed E-state index contributed by atoms with van der Waals surface area (Å²) >= 11 is 5.97. The second kappa shape index (κ2) is 8.94. The molecule has 1 amide bonds. The maximum absolute atomic E-state index is 13.2. The van der Waals surface area contributed by atoms with Crippen molar-refractivity contribution in [2.45, 2.75) is 37.7 Å². The van der Waals surface area contributed by atoms with Gasteiger partial charge in [0.25, 0.3) is 5.91 Å². The molecule has 0 spiro atoms. The second-order valence-corrected chi connectivity index (χ2v) is 8.21. The molecule has 1 atom stereocenters. The van der Waals surface area contributed by atoms with Crippen LogP contribution in [0.1, 0.15) is 52.7 Å². The fourth-order valence-corrected chi connectivity index (χ4v) is 3.98. The number of amides is 1. The van der Waals surface area contributed by atoms with Gasteiger partial charge in [-0.1, -0.05) is 28.9 Å². The van der Waals surface area contributed by atoms with Crippen molar-refractivity contribution in [2.24, 2.45) is 0 Å². The van der Waals surface area contributed by atoms with E-state index in [4.69, 9.17) is 16.1 Å². The van der Waals surface area contributed by atoms with Crippen LogP contribution in [0.2, 0.25) is 5.02 Å². The topological polar surface area (TPSA) is 59.2 Å². The van der Waals surface area contributed by atoms with Crippen molar-refractivity contribution in [3.05, 3.63) is 70.1 Å². The maximum atomic E-state index is 13.2. The Balaban J connectivity index is 1.69. The molecule has 1 aromatic heterocycles. The van der Waals surface area contributed by atoms with Crippen molar-refractivity contribution in [1.82, 2.24) is 15.0 Å². The lowest BCUT2D eigenvalue weighted by Gasteiger charge is -2.33. The number of piperidine rings is 1. The molecule has 1 saturated heterocycles. The highest BCUT2D eigenvalue weighted by Gasteiger charge is 2.39. The number of nitrogens with zero attached hydrogens (tertiary/aromatic N) is 3. The van der Waals surface area contributed by atoms with Crippen LogP contribution >= 0.6 is 11.6 Å². The fourth-order valence-electron chi connectivity index (χ4n) is 3.79. The number of rotatable bonds is 3. The van der Waals surface area contributed by atoms with Crippen molar-refractivity contribution in [2.75, 3.05) is 6.54 Å². The van der Waals surface area contributed by atoms with Gasteiger partial charge in [-0.05, 0) is 49.6 Å². The lowest BCUT2D eigenvalue weighted by Crippen LogP contribution is -2.39. The third kappa shape index (κ3) is 5.03. The van der Waals surface area contributed by atoms with E-state index in [-0.39, 0.29) is 24.3 Å². The number of carbonyl (C=O) groups is 1. The van der Waals surface area contributed by atoms with Crippen LogP contribution in [0.4, 0.5) is 26.3 Å². The summed E-state index contributed by atoms with van der Waals surface area (Å²) in [5, 5.41) is 4.32. The molecule has 1 aliphatic heterocycles. The van der Waals surface area contributed by atoms with Crippen LogP contribution in [-0.2, 0) is 12.4 Å². The second-order valence-electron chi connectivity index (χ2n) is 7.77. The molecule has 1 aliphatic rings. The first kappa shape index (κ1) is 24.1. The van der Waals surface area contributed by atoms with Crippen molar-refractivity contribution >= 4 is 17.5 Å². The molecule has 2 aromatic carbocycles. The molecule has 1 unspecified atom stereocenters. The lowest BCUT2D eigenvalue weighted by atomic mass is 9.98. The minimum atomic E-state index is -5.06. The van der Waals surface area contributed by atoms with Gasteiger partial charge in [-0.25, -0.2) is 0 Å². The van der Waals surface area contributed by atoms with E-state index in [1.807, 2.05) is 0 Å².